The van der Waals surface area contributed by atoms with Gasteiger partial charge in [-0.15, -0.1) is 0 Å². The van der Waals surface area contributed by atoms with Crippen LogP contribution < -0.4 is 5.32 Å². The van der Waals surface area contributed by atoms with Crippen molar-refractivity contribution < 1.29 is 23.8 Å². The fourth-order valence-corrected chi connectivity index (χ4v) is 3.16. The molecule has 4 aromatic rings. The van der Waals surface area contributed by atoms with E-state index < -0.39 is 11.9 Å². The van der Waals surface area contributed by atoms with Crippen LogP contribution in [0.25, 0.3) is 21.7 Å². The summed E-state index contributed by atoms with van der Waals surface area (Å²) >= 11 is 0. The number of rotatable bonds is 4. The first-order chi connectivity index (χ1) is 13.6. The van der Waals surface area contributed by atoms with Crippen LogP contribution in [-0.2, 0) is 4.74 Å². The number of anilines is 1. The molecule has 0 aliphatic rings. The molecule has 4 rings (SSSR count). The number of furan rings is 1. The maximum atomic E-state index is 13.1. The van der Waals surface area contributed by atoms with Gasteiger partial charge in [0.1, 0.15) is 17.0 Å². The Morgan fingerprint density at radius 3 is 2.54 bits per heavy atom. The summed E-state index contributed by atoms with van der Waals surface area (Å²) in [5.74, 6) is -0.353. The van der Waals surface area contributed by atoms with Crippen LogP contribution in [0.1, 0.15) is 23.0 Å². The topological polar surface area (TPSA) is 88.8 Å². The molecule has 0 saturated heterocycles. The number of carbonyl (C=O) groups is 2. The molecule has 3 aromatic carbocycles. The fourth-order valence-electron chi connectivity index (χ4n) is 3.16. The van der Waals surface area contributed by atoms with Crippen molar-refractivity contribution in [3.63, 3.8) is 0 Å². The lowest BCUT2D eigenvalue weighted by Gasteiger charge is -2.07. The molecule has 1 amide bonds. The van der Waals surface area contributed by atoms with E-state index in [1.54, 1.807) is 13.0 Å². The minimum atomic E-state index is -0.669. The Balaban J connectivity index is 1.94. The number of amides is 1. The minimum Gasteiger partial charge on any atom is -0.508 e. The molecule has 0 spiro atoms. The second kappa shape index (κ2) is 7.08. The van der Waals surface area contributed by atoms with Crippen molar-refractivity contribution in [2.75, 3.05) is 11.9 Å². The first-order valence-electron chi connectivity index (χ1n) is 8.80. The molecule has 2 N–H and O–H groups in total. The molecule has 0 bridgehead atoms. The average molecular weight is 375 g/mol. The van der Waals surface area contributed by atoms with E-state index in [2.05, 4.69) is 5.32 Å². The number of ketones is 1. The molecular weight excluding hydrogens is 358 g/mol. The molecule has 1 aromatic heterocycles. The van der Waals surface area contributed by atoms with Gasteiger partial charge < -0.3 is 14.3 Å². The fraction of sp³-hybridized carbons (Fsp3) is 0.0909. The Morgan fingerprint density at radius 2 is 1.79 bits per heavy atom. The van der Waals surface area contributed by atoms with Crippen LogP contribution >= 0.6 is 0 Å². The lowest BCUT2D eigenvalue weighted by atomic mass is 10.0. The first-order valence-corrected chi connectivity index (χ1v) is 8.80. The number of ether oxygens (including phenoxy) is 1. The Morgan fingerprint density at radius 1 is 1.04 bits per heavy atom. The third-order valence-electron chi connectivity index (χ3n) is 4.42. The van der Waals surface area contributed by atoms with E-state index in [0.29, 0.717) is 16.5 Å². The molecule has 0 unspecified atom stereocenters. The SMILES string of the molecule is CCOC(=O)Nc1c(C(=O)c2ccc(O)cc2)oc2ccc3ccccc3c12. The smallest absolute Gasteiger partial charge is 0.411 e. The number of phenolic OH excluding ortho intramolecular Hbond substituents is 1. The summed E-state index contributed by atoms with van der Waals surface area (Å²) in [5, 5.41) is 14.6. The van der Waals surface area contributed by atoms with Gasteiger partial charge in [-0.1, -0.05) is 30.3 Å². The quantitative estimate of drug-likeness (QED) is 0.485. The summed E-state index contributed by atoms with van der Waals surface area (Å²) in [6.07, 6.45) is -0.669. The highest BCUT2D eigenvalue weighted by atomic mass is 16.5. The standard InChI is InChI=1S/C22H17NO5/c1-2-27-22(26)23-19-18-16-6-4-3-5-13(16)9-12-17(18)28-21(19)20(25)14-7-10-15(24)11-8-14/h3-12,24H,2H2,1H3,(H,23,26). The number of fused-ring (bicyclic) bond motifs is 3. The number of phenols is 1. The normalized spacial score (nSPS) is 10.9. The summed E-state index contributed by atoms with van der Waals surface area (Å²) in [6.45, 7) is 1.90. The Bertz CT molecular complexity index is 1190. The summed E-state index contributed by atoms with van der Waals surface area (Å²) in [7, 11) is 0. The van der Waals surface area contributed by atoms with Gasteiger partial charge in [0.25, 0.3) is 0 Å². The highest BCUT2D eigenvalue weighted by molar-refractivity contribution is 6.22. The minimum absolute atomic E-state index is 0.00472. The predicted octanol–water partition coefficient (Wildman–Crippen LogP) is 5.09. The Labute approximate surface area is 160 Å². The lowest BCUT2D eigenvalue weighted by molar-refractivity contribution is 0.101. The van der Waals surface area contributed by atoms with Gasteiger partial charge in [0, 0.05) is 5.56 Å². The van der Waals surface area contributed by atoms with E-state index >= 15 is 0 Å². The van der Waals surface area contributed by atoms with Gasteiger partial charge in [-0.25, -0.2) is 4.79 Å². The number of carbonyl (C=O) groups excluding carboxylic acids is 2. The first kappa shape index (κ1) is 17.6. The molecule has 0 atom stereocenters. The average Bonchev–Trinajstić information content (AvgIpc) is 3.07. The lowest BCUT2D eigenvalue weighted by Crippen LogP contribution is -2.15. The van der Waals surface area contributed by atoms with Crippen molar-refractivity contribution in [2.45, 2.75) is 6.92 Å². The molecule has 6 nitrogen and oxygen atoms in total. The maximum absolute atomic E-state index is 13.1. The number of benzene rings is 3. The predicted molar refractivity (Wildman–Crippen MR) is 106 cm³/mol. The zero-order valence-corrected chi connectivity index (χ0v) is 15.1. The van der Waals surface area contributed by atoms with E-state index in [4.69, 9.17) is 9.15 Å². The Hall–Kier alpha value is -3.80. The third-order valence-corrected chi connectivity index (χ3v) is 4.42. The summed E-state index contributed by atoms with van der Waals surface area (Å²) < 4.78 is 10.8. The Kier molecular flexibility index (Phi) is 4.45. The second-order valence-electron chi connectivity index (χ2n) is 6.19. The van der Waals surface area contributed by atoms with Crippen LogP contribution in [0.2, 0.25) is 0 Å². The highest BCUT2D eigenvalue weighted by Crippen LogP contribution is 2.37. The van der Waals surface area contributed by atoms with E-state index in [1.807, 2.05) is 30.3 Å². The molecule has 1 heterocycles. The summed E-state index contributed by atoms with van der Waals surface area (Å²) in [6, 6.07) is 17.1. The van der Waals surface area contributed by atoms with Gasteiger partial charge in [0.2, 0.25) is 5.78 Å². The van der Waals surface area contributed by atoms with Gasteiger partial charge in [-0.3, -0.25) is 10.1 Å². The number of aromatic hydroxyl groups is 1. The van der Waals surface area contributed by atoms with E-state index in [0.717, 1.165) is 10.8 Å². The van der Waals surface area contributed by atoms with Crippen molar-refractivity contribution in [3.8, 4) is 5.75 Å². The van der Waals surface area contributed by atoms with Crippen molar-refractivity contribution >= 4 is 39.3 Å². The van der Waals surface area contributed by atoms with Crippen molar-refractivity contribution in [2.24, 2.45) is 0 Å². The van der Waals surface area contributed by atoms with Gasteiger partial charge in [-0.2, -0.15) is 0 Å². The molecule has 0 aliphatic carbocycles. The van der Waals surface area contributed by atoms with Crippen LogP contribution in [0.4, 0.5) is 10.5 Å². The largest absolute Gasteiger partial charge is 0.508 e. The maximum Gasteiger partial charge on any atom is 0.411 e. The van der Waals surface area contributed by atoms with E-state index in [1.165, 1.54) is 24.3 Å². The van der Waals surface area contributed by atoms with Gasteiger partial charge in [0.15, 0.2) is 5.76 Å². The zero-order chi connectivity index (χ0) is 19.7. The molecule has 6 heteroatoms. The van der Waals surface area contributed by atoms with Crippen LogP contribution in [-0.4, -0.2) is 23.6 Å². The monoisotopic (exact) mass is 375 g/mol. The van der Waals surface area contributed by atoms with Crippen LogP contribution in [0.3, 0.4) is 0 Å². The molecular formula is C22H17NO5. The van der Waals surface area contributed by atoms with E-state index in [-0.39, 0.29) is 23.8 Å². The highest BCUT2D eigenvalue weighted by Gasteiger charge is 2.25. The van der Waals surface area contributed by atoms with Gasteiger partial charge in [-0.05, 0) is 48.0 Å². The number of nitrogens with one attached hydrogen (secondary N) is 1. The van der Waals surface area contributed by atoms with Gasteiger partial charge in [0.05, 0.1) is 12.0 Å². The molecule has 140 valence electrons. The van der Waals surface area contributed by atoms with Crippen LogP contribution in [0.15, 0.2) is 65.1 Å². The van der Waals surface area contributed by atoms with Crippen molar-refractivity contribution in [1.82, 2.24) is 0 Å². The van der Waals surface area contributed by atoms with Gasteiger partial charge >= 0.3 is 6.09 Å². The molecule has 0 saturated carbocycles. The summed E-state index contributed by atoms with van der Waals surface area (Å²) in [5.41, 5.74) is 1.07. The molecule has 0 fully saturated rings. The molecule has 0 aliphatic heterocycles. The van der Waals surface area contributed by atoms with Crippen molar-refractivity contribution in [1.29, 1.82) is 0 Å². The number of hydrogen-bond donors (Lipinski definition) is 2. The van der Waals surface area contributed by atoms with Crippen LogP contribution in [0.5, 0.6) is 5.75 Å². The van der Waals surface area contributed by atoms with Crippen LogP contribution in [0, 0.1) is 0 Å². The molecule has 0 radical (unpaired) electrons. The van der Waals surface area contributed by atoms with Crippen molar-refractivity contribution in [3.05, 3.63) is 72.0 Å². The van der Waals surface area contributed by atoms with E-state index in [9.17, 15) is 14.7 Å². The number of hydrogen-bond acceptors (Lipinski definition) is 5. The molecule has 28 heavy (non-hydrogen) atoms. The second-order valence-corrected chi connectivity index (χ2v) is 6.19. The summed E-state index contributed by atoms with van der Waals surface area (Å²) in [4.78, 5) is 25.2. The zero-order valence-electron chi connectivity index (χ0n) is 15.1. The third kappa shape index (κ3) is 3.05.